The van der Waals surface area contributed by atoms with E-state index in [4.69, 9.17) is 9.47 Å². The van der Waals surface area contributed by atoms with Crippen molar-refractivity contribution in [3.05, 3.63) is 43.0 Å². The summed E-state index contributed by atoms with van der Waals surface area (Å²) in [5.74, 6) is 0.219. The lowest BCUT2D eigenvalue weighted by Crippen LogP contribution is -2.36. The molecule has 0 heterocycles. The van der Waals surface area contributed by atoms with Gasteiger partial charge in [-0.05, 0) is 25.5 Å². The van der Waals surface area contributed by atoms with E-state index in [1.54, 1.807) is 37.3 Å². The average Bonchev–Trinajstić information content (AvgIpc) is 2.52. The highest BCUT2D eigenvalue weighted by molar-refractivity contribution is 14.1. The molecule has 1 aromatic rings. The fraction of sp³-hybridized carbons (Fsp3) is 0.375. The van der Waals surface area contributed by atoms with Crippen LogP contribution in [0.3, 0.4) is 0 Å². The van der Waals surface area contributed by atoms with Crippen molar-refractivity contribution in [3.8, 4) is 5.75 Å². The maximum absolute atomic E-state index is 12.1. The van der Waals surface area contributed by atoms with E-state index in [9.17, 15) is 9.59 Å². The Bertz CT molecular complexity index is 492. The van der Waals surface area contributed by atoms with Crippen molar-refractivity contribution in [2.24, 2.45) is 0 Å². The van der Waals surface area contributed by atoms with Gasteiger partial charge in [0.15, 0.2) is 0 Å². The quantitative estimate of drug-likeness (QED) is 0.282. The molecule has 120 valence electrons. The minimum Gasteiger partial charge on any atom is -0.465 e. The molecule has 0 aliphatic carbocycles. The summed E-state index contributed by atoms with van der Waals surface area (Å²) in [7, 11) is 0. The molecule has 0 saturated heterocycles. The van der Waals surface area contributed by atoms with E-state index < -0.39 is 6.09 Å². The molecular weight excluding hydrogens is 397 g/mol. The van der Waals surface area contributed by atoms with Crippen molar-refractivity contribution in [2.45, 2.75) is 17.3 Å². The number of para-hydroxylation sites is 1. The van der Waals surface area contributed by atoms with Crippen LogP contribution in [-0.2, 0) is 9.53 Å². The summed E-state index contributed by atoms with van der Waals surface area (Å²) in [5, 5.41) is 0. The van der Waals surface area contributed by atoms with Gasteiger partial charge in [0.25, 0.3) is 0 Å². The molecule has 1 aromatic carbocycles. The van der Waals surface area contributed by atoms with Crippen molar-refractivity contribution < 1.29 is 19.1 Å². The van der Waals surface area contributed by atoms with Gasteiger partial charge in [0.1, 0.15) is 9.67 Å². The van der Waals surface area contributed by atoms with Gasteiger partial charge in [-0.3, -0.25) is 4.79 Å². The molecule has 0 bridgehead atoms. The second-order valence-electron chi connectivity index (χ2n) is 4.42. The average molecular weight is 417 g/mol. The fourth-order valence-corrected chi connectivity index (χ4v) is 2.14. The van der Waals surface area contributed by atoms with Crippen LogP contribution in [0.25, 0.3) is 0 Å². The van der Waals surface area contributed by atoms with Crippen molar-refractivity contribution in [2.75, 3.05) is 19.7 Å². The van der Waals surface area contributed by atoms with Gasteiger partial charge in [0.2, 0.25) is 0 Å². The molecule has 1 amide bonds. The molecule has 1 unspecified atom stereocenters. The second-order valence-corrected chi connectivity index (χ2v) is 5.93. The Morgan fingerprint density at radius 3 is 2.64 bits per heavy atom. The predicted molar refractivity (Wildman–Crippen MR) is 93.3 cm³/mol. The van der Waals surface area contributed by atoms with Gasteiger partial charge in [-0.1, -0.05) is 46.9 Å². The Hall–Kier alpha value is -1.57. The van der Waals surface area contributed by atoms with Crippen molar-refractivity contribution in [1.29, 1.82) is 0 Å². The number of carbonyl (C=O) groups is 2. The zero-order valence-corrected chi connectivity index (χ0v) is 14.7. The molecule has 0 aliphatic rings. The first-order valence-corrected chi connectivity index (χ1v) is 8.26. The molecule has 0 aliphatic heterocycles. The van der Waals surface area contributed by atoms with Crippen LogP contribution < -0.4 is 4.74 Å². The van der Waals surface area contributed by atoms with Gasteiger partial charge < -0.3 is 14.4 Å². The molecule has 5 nitrogen and oxygen atoms in total. The van der Waals surface area contributed by atoms with Crippen LogP contribution in [-0.4, -0.2) is 40.6 Å². The Morgan fingerprint density at radius 1 is 1.36 bits per heavy atom. The van der Waals surface area contributed by atoms with Gasteiger partial charge in [-0.2, -0.15) is 0 Å². The number of ether oxygens (including phenoxy) is 2. The van der Waals surface area contributed by atoms with Crippen LogP contribution in [0.4, 0.5) is 4.79 Å². The number of esters is 1. The lowest BCUT2D eigenvalue weighted by atomic mass is 10.3. The van der Waals surface area contributed by atoms with Crippen LogP contribution in [0, 0.1) is 0 Å². The van der Waals surface area contributed by atoms with Crippen LogP contribution >= 0.6 is 22.6 Å². The molecule has 22 heavy (non-hydrogen) atoms. The van der Waals surface area contributed by atoms with Gasteiger partial charge >= 0.3 is 12.1 Å². The summed E-state index contributed by atoms with van der Waals surface area (Å²) in [5.41, 5.74) is 0. The van der Waals surface area contributed by atoms with E-state index in [1.807, 2.05) is 28.7 Å². The molecule has 0 aromatic heterocycles. The lowest BCUT2D eigenvalue weighted by Gasteiger charge is -2.21. The molecule has 0 saturated carbocycles. The first kappa shape index (κ1) is 18.5. The number of alkyl halides is 1. The smallest absolute Gasteiger partial charge is 0.415 e. The summed E-state index contributed by atoms with van der Waals surface area (Å²) in [6, 6.07) is 8.86. The number of carbonyl (C=O) groups excluding carboxylic acids is 2. The van der Waals surface area contributed by atoms with E-state index in [0.29, 0.717) is 31.9 Å². The number of nitrogens with zero attached hydrogens (tertiary/aromatic N) is 1. The highest BCUT2D eigenvalue weighted by atomic mass is 127. The Labute approximate surface area is 144 Å². The summed E-state index contributed by atoms with van der Waals surface area (Å²) in [4.78, 5) is 25.2. The zero-order chi connectivity index (χ0) is 16.4. The van der Waals surface area contributed by atoms with Crippen LogP contribution in [0.2, 0.25) is 0 Å². The molecule has 1 atom stereocenters. The predicted octanol–water partition coefficient (Wildman–Crippen LogP) is 3.43. The largest absolute Gasteiger partial charge is 0.465 e. The highest BCUT2D eigenvalue weighted by Crippen LogP contribution is 2.13. The molecule has 0 N–H and O–H groups in total. The van der Waals surface area contributed by atoms with Crippen LogP contribution in [0.15, 0.2) is 43.0 Å². The minimum absolute atomic E-state index is 0.266. The SMILES string of the molecule is C=CCN(CCC(I)C(=O)OCC)C(=O)Oc1ccccc1. The number of hydrogen-bond donors (Lipinski definition) is 0. The number of amides is 1. The number of hydrogen-bond acceptors (Lipinski definition) is 4. The Balaban J connectivity index is 2.55. The van der Waals surface area contributed by atoms with Gasteiger partial charge in [-0.25, -0.2) is 4.79 Å². The van der Waals surface area contributed by atoms with Gasteiger partial charge in [0.05, 0.1) is 6.61 Å². The highest BCUT2D eigenvalue weighted by Gasteiger charge is 2.20. The molecular formula is C16H20INO4. The Kier molecular flexibility index (Phi) is 8.57. The number of halogens is 1. The maximum atomic E-state index is 12.1. The third-order valence-corrected chi connectivity index (χ3v) is 3.88. The van der Waals surface area contributed by atoms with Gasteiger partial charge in [0, 0.05) is 13.1 Å². The Morgan fingerprint density at radius 2 is 2.05 bits per heavy atom. The first-order chi connectivity index (χ1) is 10.6. The van der Waals surface area contributed by atoms with E-state index in [2.05, 4.69) is 6.58 Å². The zero-order valence-electron chi connectivity index (χ0n) is 12.5. The minimum atomic E-state index is -0.460. The monoisotopic (exact) mass is 417 g/mol. The second kappa shape index (κ2) is 10.2. The summed E-state index contributed by atoms with van der Waals surface area (Å²) in [6.45, 7) is 6.51. The molecule has 6 heteroatoms. The summed E-state index contributed by atoms with van der Waals surface area (Å²) < 4.78 is 9.94. The topological polar surface area (TPSA) is 55.8 Å². The third kappa shape index (κ3) is 6.46. The number of rotatable bonds is 8. The standard InChI is InChI=1S/C16H20INO4/c1-3-11-18(12-10-14(17)15(19)21-4-2)16(20)22-13-8-6-5-7-9-13/h3,5-9,14H,1,4,10-12H2,2H3. The van der Waals surface area contributed by atoms with E-state index in [0.717, 1.165) is 0 Å². The molecule has 0 spiro atoms. The van der Waals surface area contributed by atoms with Crippen molar-refractivity contribution in [1.82, 2.24) is 4.90 Å². The maximum Gasteiger partial charge on any atom is 0.415 e. The number of benzene rings is 1. The first-order valence-electron chi connectivity index (χ1n) is 7.01. The van der Waals surface area contributed by atoms with Crippen LogP contribution in [0.1, 0.15) is 13.3 Å². The lowest BCUT2D eigenvalue weighted by molar-refractivity contribution is -0.142. The van der Waals surface area contributed by atoms with Crippen LogP contribution in [0.5, 0.6) is 5.75 Å². The molecule has 0 fully saturated rings. The molecule has 0 radical (unpaired) electrons. The van der Waals surface area contributed by atoms with E-state index in [1.165, 1.54) is 4.90 Å². The summed E-state index contributed by atoms with van der Waals surface area (Å²) >= 11 is 2.02. The van der Waals surface area contributed by atoms with E-state index >= 15 is 0 Å². The third-order valence-electron chi connectivity index (χ3n) is 2.75. The normalized spacial score (nSPS) is 11.4. The van der Waals surface area contributed by atoms with Gasteiger partial charge in [-0.15, -0.1) is 6.58 Å². The summed E-state index contributed by atoms with van der Waals surface area (Å²) in [6.07, 6.45) is 1.66. The molecule has 1 rings (SSSR count). The van der Waals surface area contributed by atoms with E-state index in [-0.39, 0.29) is 9.89 Å². The fourth-order valence-electron chi connectivity index (χ4n) is 1.69. The van der Waals surface area contributed by atoms with Crippen molar-refractivity contribution >= 4 is 34.7 Å². The van der Waals surface area contributed by atoms with Crippen molar-refractivity contribution in [3.63, 3.8) is 0 Å².